The second kappa shape index (κ2) is 7.64. The first kappa shape index (κ1) is 17.0. The van der Waals surface area contributed by atoms with Crippen LogP contribution in [0, 0.1) is 5.92 Å². The second-order valence-electron chi connectivity index (χ2n) is 4.81. The van der Waals surface area contributed by atoms with E-state index in [0.29, 0.717) is 11.4 Å². The van der Waals surface area contributed by atoms with Crippen LogP contribution in [0.1, 0.15) is 25.3 Å². The van der Waals surface area contributed by atoms with Crippen molar-refractivity contribution in [2.75, 3.05) is 11.5 Å². The number of benzene rings is 1. The predicted molar refractivity (Wildman–Crippen MR) is 79.8 cm³/mol. The van der Waals surface area contributed by atoms with Gasteiger partial charge in [0, 0.05) is 10.8 Å². The van der Waals surface area contributed by atoms with Crippen molar-refractivity contribution in [1.29, 1.82) is 0 Å². The van der Waals surface area contributed by atoms with E-state index in [9.17, 15) is 18.3 Å². The van der Waals surface area contributed by atoms with Crippen molar-refractivity contribution in [3.63, 3.8) is 0 Å². The minimum atomic E-state index is -3.15. The number of halogens is 1. The number of hydrogen-bond acceptors (Lipinski definition) is 3. The Morgan fingerprint density at radius 1 is 1.35 bits per heavy atom. The molecule has 20 heavy (non-hydrogen) atoms. The Hall–Kier alpha value is -1.07. The summed E-state index contributed by atoms with van der Waals surface area (Å²) in [5.74, 6) is -1.66. The van der Waals surface area contributed by atoms with Gasteiger partial charge in [-0.25, -0.2) is 8.42 Å². The van der Waals surface area contributed by atoms with Gasteiger partial charge in [0.25, 0.3) is 0 Å². The molecule has 0 radical (unpaired) electrons. The van der Waals surface area contributed by atoms with Gasteiger partial charge >= 0.3 is 5.97 Å². The number of carboxylic acids is 1. The van der Waals surface area contributed by atoms with E-state index in [1.54, 1.807) is 31.2 Å². The molecule has 0 amide bonds. The summed E-state index contributed by atoms with van der Waals surface area (Å²) in [6, 6.07) is 6.97. The van der Waals surface area contributed by atoms with Crippen LogP contribution >= 0.6 is 11.6 Å². The van der Waals surface area contributed by atoms with Gasteiger partial charge in [-0.05, 0) is 37.0 Å². The van der Waals surface area contributed by atoms with Crippen LogP contribution in [0.4, 0.5) is 0 Å². The summed E-state index contributed by atoms with van der Waals surface area (Å²) >= 11 is 5.86. The minimum absolute atomic E-state index is 0.0849. The molecular weight excluding hydrogens is 300 g/mol. The fourth-order valence-electron chi connectivity index (χ4n) is 2.00. The van der Waals surface area contributed by atoms with Crippen molar-refractivity contribution in [2.45, 2.75) is 26.2 Å². The fourth-order valence-corrected chi connectivity index (χ4v) is 3.68. The monoisotopic (exact) mass is 318 g/mol. The molecule has 1 unspecified atom stereocenters. The smallest absolute Gasteiger partial charge is 0.306 e. The van der Waals surface area contributed by atoms with Crippen molar-refractivity contribution < 1.29 is 18.3 Å². The van der Waals surface area contributed by atoms with Crippen molar-refractivity contribution in [3.8, 4) is 0 Å². The zero-order valence-corrected chi connectivity index (χ0v) is 13.0. The fraction of sp³-hybridized carbons (Fsp3) is 0.500. The number of aliphatic carboxylic acids is 1. The molecular formula is C14H19ClO4S. The molecule has 0 fully saturated rings. The molecule has 0 saturated carbocycles. The Morgan fingerprint density at radius 2 is 2.05 bits per heavy atom. The van der Waals surface area contributed by atoms with Gasteiger partial charge in [0.05, 0.1) is 11.7 Å². The van der Waals surface area contributed by atoms with E-state index in [-0.39, 0.29) is 24.3 Å². The highest BCUT2D eigenvalue weighted by molar-refractivity contribution is 7.91. The minimum Gasteiger partial charge on any atom is -0.481 e. The number of sulfone groups is 1. The molecule has 0 aromatic heterocycles. The van der Waals surface area contributed by atoms with Crippen LogP contribution in [0.25, 0.3) is 0 Å². The molecule has 1 atom stereocenters. The van der Waals surface area contributed by atoms with E-state index in [1.165, 1.54) is 0 Å². The van der Waals surface area contributed by atoms with E-state index < -0.39 is 21.7 Å². The first-order chi connectivity index (χ1) is 9.34. The summed E-state index contributed by atoms with van der Waals surface area (Å²) in [5, 5.41) is 9.75. The lowest BCUT2D eigenvalue weighted by molar-refractivity contribution is -0.141. The first-order valence-electron chi connectivity index (χ1n) is 6.51. The van der Waals surface area contributed by atoms with Crippen LogP contribution in [-0.4, -0.2) is 31.0 Å². The third-order valence-electron chi connectivity index (χ3n) is 3.01. The molecule has 1 N–H and O–H groups in total. The zero-order valence-electron chi connectivity index (χ0n) is 11.4. The largest absolute Gasteiger partial charge is 0.481 e. The van der Waals surface area contributed by atoms with Crippen molar-refractivity contribution in [3.05, 3.63) is 34.9 Å². The molecule has 0 bridgehead atoms. The van der Waals surface area contributed by atoms with Gasteiger partial charge in [0.2, 0.25) is 0 Å². The lowest BCUT2D eigenvalue weighted by Gasteiger charge is -2.12. The Morgan fingerprint density at radius 3 is 2.60 bits per heavy atom. The summed E-state index contributed by atoms with van der Waals surface area (Å²) in [6.07, 6.45) is 0.968. The summed E-state index contributed by atoms with van der Waals surface area (Å²) in [6.45, 7) is 1.79. The van der Waals surface area contributed by atoms with E-state index in [4.69, 9.17) is 11.6 Å². The van der Waals surface area contributed by atoms with Gasteiger partial charge < -0.3 is 5.11 Å². The topological polar surface area (TPSA) is 71.4 Å². The SMILES string of the molecule is CCCS(=O)(=O)CCC(Cc1cccc(Cl)c1)C(=O)O. The maximum atomic E-state index is 11.7. The highest BCUT2D eigenvalue weighted by Gasteiger charge is 2.21. The van der Waals surface area contributed by atoms with Gasteiger partial charge in [-0.15, -0.1) is 0 Å². The van der Waals surface area contributed by atoms with Crippen molar-refractivity contribution in [1.82, 2.24) is 0 Å². The summed E-state index contributed by atoms with van der Waals surface area (Å²) in [5.41, 5.74) is 0.804. The molecule has 1 aromatic rings. The van der Waals surface area contributed by atoms with Gasteiger partial charge in [0.1, 0.15) is 9.84 Å². The van der Waals surface area contributed by atoms with Crippen LogP contribution in [0.2, 0.25) is 5.02 Å². The van der Waals surface area contributed by atoms with Crippen LogP contribution < -0.4 is 0 Å². The molecule has 0 aliphatic rings. The molecule has 6 heteroatoms. The average molecular weight is 319 g/mol. The zero-order chi connectivity index (χ0) is 15.2. The molecule has 4 nitrogen and oxygen atoms in total. The van der Waals surface area contributed by atoms with Gasteiger partial charge in [0.15, 0.2) is 0 Å². The number of rotatable bonds is 8. The van der Waals surface area contributed by atoms with E-state index >= 15 is 0 Å². The van der Waals surface area contributed by atoms with E-state index in [0.717, 1.165) is 5.56 Å². The molecule has 0 saturated heterocycles. The second-order valence-corrected chi connectivity index (χ2v) is 7.55. The van der Waals surface area contributed by atoms with Crippen LogP contribution in [-0.2, 0) is 21.1 Å². The highest BCUT2D eigenvalue weighted by atomic mass is 35.5. The third kappa shape index (κ3) is 5.92. The van der Waals surface area contributed by atoms with Gasteiger partial charge in [-0.3, -0.25) is 4.79 Å². The highest BCUT2D eigenvalue weighted by Crippen LogP contribution is 2.17. The Labute approximate surface area is 124 Å². The van der Waals surface area contributed by atoms with Gasteiger partial charge in [-0.2, -0.15) is 0 Å². The average Bonchev–Trinajstić information content (AvgIpc) is 2.34. The molecule has 0 aliphatic carbocycles. The third-order valence-corrected chi connectivity index (χ3v) is 5.14. The van der Waals surface area contributed by atoms with Crippen molar-refractivity contribution in [2.24, 2.45) is 5.92 Å². The summed E-state index contributed by atoms with van der Waals surface area (Å²) in [4.78, 5) is 11.2. The number of carboxylic acid groups (broad SMARTS) is 1. The maximum absolute atomic E-state index is 11.7. The standard InChI is InChI=1S/C14H19ClO4S/c1-2-7-20(18,19)8-6-12(14(16)17)9-11-4-3-5-13(15)10-11/h3-5,10,12H,2,6-9H2,1H3,(H,16,17). The summed E-state index contributed by atoms with van der Waals surface area (Å²) in [7, 11) is -3.15. The van der Waals surface area contributed by atoms with E-state index in [1.807, 2.05) is 0 Å². The lowest BCUT2D eigenvalue weighted by Crippen LogP contribution is -2.21. The molecule has 1 rings (SSSR count). The Bertz CT molecular complexity index is 554. The first-order valence-corrected chi connectivity index (χ1v) is 8.71. The Kier molecular flexibility index (Phi) is 6.49. The normalized spacial score (nSPS) is 13.1. The molecule has 0 heterocycles. The number of carbonyl (C=O) groups is 1. The lowest BCUT2D eigenvalue weighted by atomic mass is 9.97. The quantitative estimate of drug-likeness (QED) is 0.800. The van der Waals surface area contributed by atoms with Crippen LogP contribution in [0.3, 0.4) is 0 Å². The van der Waals surface area contributed by atoms with Crippen LogP contribution in [0.5, 0.6) is 0 Å². The number of hydrogen-bond donors (Lipinski definition) is 1. The molecule has 1 aromatic carbocycles. The van der Waals surface area contributed by atoms with Crippen molar-refractivity contribution >= 4 is 27.4 Å². The molecule has 0 spiro atoms. The van der Waals surface area contributed by atoms with Gasteiger partial charge in [-0.1, -0.05) is 30.7 Å². The predicted octanol–water partition coefficient (Wildman–Crippen LogP) is 2.80. The maximum Gasteiger partial charge on any atom is 0.306 e. The summed E-state index contributed by atoms with van der Waals surface area (Å²) < 4.78 is 23.3. The van der Waals surface area contributed by atoms with Crippen LogP contribution in [0.15, 0.2) is 24.3 Å². The Balaban J connectivity index is 2.69. The molecule has 0 aliphatic heterocycles. The van der Waals surface area contributed by atoms with E-state index in [2.05, 4.69) is 0 Å². The molecule has 112 valence electrons.